The predicted octanol–water partition coefficient (Wildman–Crippen LogP) is 4.64. The fourth-order valence-electron chi connectivity index (χ4n) is 2.18. The van der Waals surface area contributed by atoms with Gasteiger partial charge in [-0.1, -0.05) is 97.1 Å². The van der Waals surface area contributed by atoms with Gasteiger partial charge in [0.15, 0.2) is 0 Å². The van der Waals surface area contributed by atoms with Gasteiger partial charge in [0, 0.05) is 0 Å². The van der Waals surface area contributed by atoms with Crippen molar-refractivity contribution < 1.29 is 0 Å². The SMILES string of the molecule is C=CC.c1ccc(P(c2ccccc2)c2ccccc2)cc1. The smallest absolute Gasteiger partial charge is 0.0134 e. The molecule has 0 aliphatic carbocycles. The zero-order valence-corrected chi connectivity index (χ0v) is 13.8. The Bertz CT molecular complexity index is 566. The fraction of sp³-hybridized carbons (Fsp3) is 0.0476. The van der Waals surface area contributed by atoms with Gasteiger partial charge in [-0.05, 0) is 30.8 Å². The highest BCUT2D eigenvalue weighted by Gasteiger charge is 2.14. The Kier molecular flexibility index (Phi) is 6.61. The molecule has 0 unspecified atom stereocenters. The maximum Gasteiger partial charge on any atom is -0.0134 e. The van der Waals surface area contributed by atoms with Gasteiger partial charge in [-0.15, -0.1) is 6.58 Å². The summed E-state index contributed by atoms with van der Waals surface area (Å²) >= 11 is 0. The van der Waals surface area contributed by atoms with Gasteiger partial charge >= 0.3 is 0 Å². The molecule has 1 heteroatoms. The van der Waals surface area contributed by atoms with Crippen molar-refractivity contribution in [3.63, 3.8) is 0 Å². The summed E-state index contributed by atoms with van der Waals surface area (Å²) in [6, 6.07) is 32.3. The van der Waals surface area contributed by atoms with E-state index in [-0.39, 0.29) is 0 Å². The monoisotopic (exact) mass is 304 g/mol. The summed E-state index contributed by atoms with van der Waals surface area (Å²) in [5.74, 6) is 0. The highest BCUT2D eigenvalue weighted by Crippen LogP contribution is 2.32. The number of hydrogen-bond donors (Lipinski definition) is 0. The molecule has 3 rings (SSSR count). The highest BCUT2D eigenvalue weighted by molar-refractivity contribution is 7.79. The van der Waals surface area contributed by atoms with Crippen molar-refractivity contribution >= 4 is 23.8 Å². The molecular weight excluding hydrogens is 283 g/mol. The van der Waals surface area contributed by atoms with E-state index in [0.717, 1.165) is 0 Å². The lowest BCUT2D eigenvalue weighted by atomic mass is 10.4. The number of hydrogen-bond acceptors (Lipinski definition) is 0. The second-order valence-electron chi connectivity index (χ2n) is 4.75. The van der Waals surface area contributed by atoms with Crippen molar-refractivity contribution in [3.8, 4) is 0 Å². The third kappa shape index (κ3) is 4.41. The van der Waals surface area contributed by atoms with Crippen LogP contribution in [0.4, 0.5) is 0 Å². The molecule has 0 aliphatic heterocycles. The molecule has 22 heavy (non-hydrogen) atoms. The van der Waals surface area contributed by atoms with E-state index in [2.05, 4.69) is 97.6 Å². The van der Waals surface area contributed by atoms with Crippen LogP contribution in [-0.4, -0.2) is 0 Å². The number of allylic oxidation sites excluding steroid dienone is 1. The molecule has 0 N–H and O–H groups in total. The lowest BCUT2D eigenvalue weighted by Crippen LogP contribution is -2.20. The third-order valence-corrected chi connectivity index (χ3v) is 5.49. The van der Waals surface area contributed by atoms with Crippen LogP contribution in [0.1, 0.15) is 6.92 Å². The normalized spacial score (nSPS) is 9.73. The van der Waals surface area contributed by atoms with Crippen molar-refractivity contribution in [2.75, 3.05) is 0 Å². The van der Waals surface area contributed by atoms with Crippen molar-refractivity contribution in [1.29, 1.82) is 0 Å². The summed E-state index contributed by atoms with van der Waals surface area (Å²) in [5, 5.41) is 4.19. The van der Waals surface area contributed by atoms with E-state index in [1.807, 2.05) is 6.92 Å². The quantitative estimate of drug-likeness (QED) is 0.488. The van der Waals surface area contributed by atoms with E-state index in [9.17, 15) is 0 Å². The maximum absolute atomic E-state index is 3.36. The van der Waals surface area contributed by atoms with E-state index in [0.29, 0.717) is 0 Å². The van der Waals surface area contributed by atoms with Crippen LogP contribution in [0, 0.1) is 0 Å². The van der Waals surface area contributed by atoms with Gasteiger partial charge in [-0.3, -0.25) is 0 Å². The molecule has 0 amide bonds. The summed E-state index contributed by atoms with van der Waals surface area (Å²) in [7, 11) is -0.446. The molecule has 3 aromatic rings. The van der Waals surface area contributed by atoms with E-state index >= 15 is 0 Å². The number of benzene rings is 3. The van der Waals surface area contributed by atoms with Gasteiger partial charge in [-0.25, -0.2) is 0 Å². The second kappa shape index (κ2) is 8.97. The maximum atomic E-state index is 3.36. The molecule has 0 heterocycles. The number of rotatable bonds is 3. The van der Waals surface area contributed by atoms with Crippen LogP contribution in [0.25, 0.3) is 0 Å². The van der Waals surface area contributed by atoms with Gasteiger partial charge in [0.05, 0.1) is 0 Å². The van der Waals surface area contributed by atoms with Crippen molar-refractivity contribution in [3.05, 3.63) is 104 Å². The van der Waals surface area contributed by atoms with Gasteiger partial charge in [0.25, 0.3) is 0 Å². The largest absolute Gasteiger partial charge is 0.103 e. The predicted molar refractivity (Wildman–Crippen MR) is 101 cm³/mol. The Labute approximate surface area is 134 Å². The Hall–Kier alpha value is -2.17. The summed E-state index contributed by atoms with van der Waals surface area (Å²) in [6.07, 6.45) is 1.75. The zero-order chi connectivity index (χ0) is 15.6. The van der Waals surface area contributed by atoms with Crippen LogP contribution >= 0.6 is 7.92 Å². The fourth-order valence-corrected chi connectivity index (χ4v) is 4.48. The molecule has 0 radical (unpaired) electrons. The van der Waals surface area contributed by atoms with Crippen LogP contribution in [0.3, 0.4) is 0 Å². The zero-order valence-electron chi connectivity index (χ0n) is 12.9. The van der Waals surface area contributed by atoms with Crippen LogP contribution in [-0.2, 0) is 0 Å². The first-order valence-corrected chi connectivity index (χ1v) is 8.73. The Balaban J connectivity index is 0.000000545. The summed E-state index contributed by atoms with van der Waals surface area (Å²) in [4.78, 5) is 0. The van der Waals surface area contributed by atoms with E-state index in [4.69, 9.17) is 0 Å². The van der Waals surface area contributed by atoms with Gasteiger partial charge < -0.3 is 0 Å². The highest BCUT2D eigenvalue weighted by atomic mass is 31.1. The second-order valence-corrected chi connectivity index (χ2v) is 6.97. The average Bonchev–Trinajstić information content (AvgIpc) is 2.59. The molecule has 0 fully saturated rings. The van der Waals surface area contributed by atoms with Gasteiger partial charge in [-0.2, -0.15) is 0 Å². The molecule has 0 aromatic heterocycles. The molecular formula is C21H21P. The third-order valence-electron chi connectivity index (χ3n) is 3.04. The van der Waals surface area contributed by atoms with Crippen LogP contribution in [0.2, 0.25) is 0 Å². The molecule has 0 spiro atoms. The summed E-state index contributed by atoms with van der Waals surface area (Å²) in [5.41, 5.74) is 0. The minimum Gasteiger partial charge on any atom is -0.103 e. The topological polar surface area (TPSA) is 0 Å². The molecule has 110 valence electrons. The molecule has 3 aromatic carbocycles. The first kappa shape index (κ1) is 16.2. The first-order valence-electron chi connectivity index (χ1n) is 7.39. The summed E-state index contributed by atoms with van der Waals surface area (Å²) < 4.78 is 0. The molecule has 0 atom stereocenters. The first-order chi connectivity index (χ1) is 10.9. The molecule has 0 saturated heterocycles. The average molecular weight is 304 g/mol. The van der Waals surface area contributed by atoms with Crippen molar-refractivity contribution in [2.24, 2.45) is 0 Å². The molecule has 0 nitrogen and oxygen atoms in total. The van der Waals surface area contributed by atoms with Crippen molar-refractivity contribution in [1.82, 2.24) is 0 Å². The standard InChI is InChI=1S/C18H15P.C3H6/c1-4-10-16(11-5-1)19(17-12-6-2-7-13-17)18-14-8-3-9-15-18;1-3-2/h1-15H;3H,1H2,2H3. The molecule has 0 bridgehead atoms. The van der Waals surface area contributed by atoms with Gasteiger partial charge in [0.2, 0.25) is 0 Å². The Morgan fingerprint density at radius 3 is 1.05 bits per heavy atom. The van der Waals surface area contributed by atoms with Crippen LogP contribution < -0.4 is 15.9 Å². The van der Waals surface area contributed by atoms with Crippen molar-refractivity contribution in [2.45, 2.75) is 6.92 Å². The van der Waals surface area contributed by atoms with Crippen LogP contribution in [0.15, 0.2) is 104 Å². The minimum absolute atomic E-state index is 0.446. The molecule has 0 aliphatic rings. The summed E-state index contributed by atoms with van der Waals surface area (Å²) in [6.45, 7) is 5.25. The van der Waals surface area contributed by atoms with E-state index in [1.165, 1.54) is 15.9 Å². The minimum atomic E-state index is -0.446. The Morgan fingerprint density at radius 1 is 0.591 bits per heavy atom. The lowest BCUT2D eigenvalue weighted by molar-refractivity contribution is 1.74. The van der Waals surface area contributed by atoms with Crippen LogP contribution in [0.5, 0.6) is 0 Å². The van der Waals surface area contributed by atoms with Gasteiger partial charge in [0.1, 0.15) is 0 Å². The van der Waals surface area contributed by atoms with E-state index in [1.54, 1.807) is 6.08 Å². The lowest BCUT2D eigenvalue weighted by Gasteiger charge is -2.18. The van der Waals surface area contributed by atoms with E-state index < -0.39 is 7.92 Å². The molecule has 0 saturated carbocycles. The Morgan fingerprint density at radius 2 is 0.818 bits per heavy atom.